The fourth-order valence-electron chi connectivity index (χ4n) is 2.60. The van der Waals surface area contributed by atoms with E-state index in [-0.39, 0.29) is 5.41 Å². The fourth-order valence-corrected chi connectivity index (χ4v) is 2.60. The monoisotopic (exact) mass is 180 g/mol. The molecule has 0 bridgehead atoms. The Labute approximate surface area is 80.9 Å². The lowest BCUT2D eigenvalue weighted by molar-refractivity contribution is -0.119. The molecule has 2 saturated carbocycles. The van der Waals surface area contributed by atoms with Crippen LogP contribution >= 0.6 is 0 Å². The van der Waals surface area contributed by atoms with Crippen LogP contribution in [0.25, 0.3) is 0 Å². The maximum atomic E-state index is 11.2. The molecule has 0 amide bonds. The van der Waals surface area contributed by atoms with Gasteiger partial charge >= 0.3 is 0 Å². The highest BCUT2D eigenvalue weighted by Gasteiger charge is 2.38. The average Bonchev–Trinajstić information content (AvgIpc) is 2.94. The van der Waals surface area contributed by atoms with E-state index in [4.69, 9.17) is 0 Å². The van der Waals surface area contributed by atoms with Gasteiger partial charge < -0.3 is 4.79 Å². The van der Waals surface area contributed by atoms with Crippen molar-refractivity contribution in [1.29, 1.82) is 0 Å². The van der Waals surface area contributed by atoms with Gasteiger partial charge in [0.05, 0.1) is 0 Å². The van der Waals surface area contributed by atoms with Crippen LogP contribution in [0.15, 0.2) is 0 Å². The number of hydrogen-bond donors (Lipinski definition) is 0. The number of hydrogen-bond acceptors (Lipinski definition) is 1. The number of aldehydes is 1. The van der Waals surface area contributed by atoms with E-state index in [9.17, 15) is 4.79 Å². The van der Waals surface area contributed by atoms with Gasteiger partial charge in [-0.05, 0) is 43.9 Å². The highest BCUT2D eigenvalue weighted by Crippen LogP contribution is 2.47. The molecule has 0 aromatic heterocycles. The van der Waals surface area contributed by atoms with Gasteiger partial charge in [0.25, 0.3) is 0 Å². The standard InChI is InChI=1S/C12H20O/c1-10-4-6-12(9-13,7-5-10)8-11-2-3-11/h9-11H,2-8H2,1H3. The van der Waals surface area contributed by atoms with Crippen molar-refractivity contribution in [3.63, 3.8) is 0 Å². The van der Waals surface area contributed by atoms with Crippen LogP contribution < -0.4 is 0 Å². The van der Waals surface area contributed by atoms with E-state index < -0.39 is 0 Å². The molecule has 0 atom stereocenters. The van der Waals surface area contributed by atoms with Gasteiger partial charge in [0.2, 0.25) is 0 Å². The van der Waals surface area contributed by atoms with Crippen molar-refractivity contribution >= 4 is 6.29 Å². The molecule has 1 heteroatoms. The molecule has 1 nitrogen and oxygen atoms in total. The van der Waals surface area contributed by atoms with Gasteiger partial charge in [-0.3, -0.25) is 0 Å². The molecule has 0 aromatic carbocycles. The van der Waals surface area contributed by atoms with Crippen molar-refractivity contribution in [2.75, 3.05) is 0 Å². The first-order valence-corrected chi connectivity index (χ1v) is 5.70. The Bertz CT molecular complexity index is 185. The predicted octanol–water partition coefficient (Wildman–Crippen LogP) is 3.18. The molecular formula is C12H20O. The Morgan fingerprint density at radius 1 is 1.23 bits per heavy atom. The third-order valence-electron chi connectivity index (χ3n) is 3.91. The van der Waals surface area contributed by atoms with Crippen molar-refractivity contribution in [2.24, 2.45) is 17.3 Å². The molecule has 0 aliphatic heterocycles. The van der Waals surface area contributed by atoms with Crippen molar-refractivity contribution in [3.05, 3.63) is 0 Å². The third kappa shape index (κ3) is 2.12. The summed E-state index contributed by atoms with van der Waals surface area (Å²) in [6, 6.07) is 0. The van der Waals surface area contributed by atoms with Crippen LogP contribution in [0.1, 0.15) is 51.9 Å². The zero-order valence-electron chi connectivity index (χ0n) is 8.59. The van der Waals surface area contributed by atoms with Crippen LogP contribution in [0.3, 0.4) is 0 Å². The molecule has 2 aliphatic carbocycles. The molecule has 0 saturated heterocycles. The van der Waals surface area contributed by atoms with E-state index in [1.807, 2.05) is 0 Å². The Balaban J connectivity index is 1.93. The topological polar surface area (TPSA) is 17.1 Å². The number of rotatable bonds is 3. The molecule has 0 heterocycles. The lowest BCUT2D eigenvalue weighted by Gasteiger charge is -2.35. The Hall–Kier alpha value is -0.330. The first kappa shape index (κ1) is 9.23. The molecular weight excluding hydrogens is 160 g/mol. The lowest BCUT2D eigenvalue weighted by Crippen LogP contribution is -2.28. The summed E-state index contributed by atoms with van der Waals surface area (Å²) in [6.07, 6.45) is 10.1. The highest BCUT2D eigenvalue weighted by molar-refractivity contribution is 5.59. The van der Waals surface area contributed by atoms with Gasteiger partial charge in [-0.2, -0.15) is 0 Å². The molecule has 2 rings (SSSR count). The molecule has 0 N–H and O–H groups in total. The fraction of sp³-hybridized carbons (Fsp3) is 0.917. The smallest absolute Gasteiger partial charge is 0.126 e. The second-order valence-corrected chi connectivity index (χ2v) is 5.31. The van der Waals surface area contributed by atoms with Crippen LogP contribution in [0.2, 0.25) is 0 Å². The Morgan fingerprint density at radius 3 is 2.31 bits per heavy atom. The summed E-state index contributed by atoms with van der Waals surface area (Å²) in [7, 11) is 0. The highest BCUT2D eigenvalue weighted by atomic mass is 16.1. The summed E-state index contributed by atoms with van der Waals surface area (Å²) in [5.74, 6) is 1.76. The quantitative estimate of drug-likeness (QED) is 0.610. The molecule has 0 unspecified atom stereocenters. The second-order valence-electron chi connectivity index (χ2n) is 5.31. The number of carbonyl (C=O) groups is 1. The third-order valence-corrected chi connectivity index (χ3v) is 3.91. The number of carbonyl (C=O) groups excluding carboxylic acids is 1. The molecule has 74 valence electrons. The van der Waals surface area contributed by atoms with E-state index in [0.717, 1.165) is 24.7 Å². The summed E-state index contributed by atoms with van der Waals surface area (Å²) in [5.41, 5.74) is 0.105. The normalized spacial score (nSPS) is 40.2. The van der Waals surface area contributed by atoms with Gasteiger partial charge in [-0.15, -0.1) is 0 Å². The summed E-state index contributed by atoms with van der Waals surface area (Å²) < 4.78 is 0. The van der Waals surface area contributed by atoms with E-state index in [2.05, 4.69) is 6.92 Å². The maximum Gasteiger partial charge on any atom is 0.126 e. The van der Waals surface area contributed by atoms with Gasteiger partial charge in [0.15, 0.2) is 0 Å². The minimum Gasteiger partial charge on any atom is -0.303 e. The van der Waals surface area contributed by atoms with Crippen molar-refractivity contribution in [3.8, 4) is 0 Å². The summed E-state index contributed by atoms with van der Waals surface area (Å²) in [5, 5.41) is 0. The molecule has 2 fully saturated rings. The van der Waals surface area contributed by atoms with E-state index >= 15 is 0 Å². The zero-order chi connectivity index (χ0) is 9.31. The maximum absolute atomic E-state index is 11.2. The van der Waals surface area contributed by atoms with Gasteiger partial charge in [0.1, 0.15) is 6.29 Å². The largest absolute Gasteiger partial charge is 0.303 e. The Morgan fingerprint density at radius 2 is 1.85 bits per heavy atom. The van der Waals surface area contributed by atoms with Crippen LogP contribution in [-0.4, -0.2) is 6.29 Å². The van der Waals surface area contributed by atoms with Gasteiger partial charge in [0, 0.05) is 5.41 Å². The van der Waals surface area contributed by atoms with E-state index in [1.165, 1.54) is 38.4 Å². The molecule has 2 aliphatic rings. The van der Waals surface area contributed by atoms with Crippen LogP contribution in [-0.2, 0) is 4.79 Å². The summed E-state index contributed by atoms with van der Waals surface area (Å²) in [4.78, 5) is 11.2. The van der Waals surface area contributed by atoms with Crippen LogP contribution in [0.4, 0.5) is 0 Å². The first-order valence-electron chi connectivity index (χ1n) is 5.70. The van der Waals surface area contributed by atoms with Gasteiger partial charge in [-0.25, -0.2) is 0 Å². The van der Waals surface area contributed by atoms with Crippen LogP contribution in [0.5, 0.6) is 0 Å². The van der Waals surface area contributed by atoms with Crippen LogP contribution in [0, 0.1) is 17.3 Å². The van der Waals surface area contributed by atoms with Gasteiger partial charge in [-0.1, -0.05) is 19.8 Å². The second kappa shape index (κ2) is 3.43. The van der Waals surface area contributed by atoms with Crippen molar-refractivity contribution < 1.29 is 4.79 Å². The summed E-state index contributed by atoms with van der Waals surface area (Å²) >= 11 is 0. The minimum absolute atomic E-state index is 0.105. The molecule has 0 radical (unpaired) electrons. The SMILES string of the molecule is CC1CCC(C=O)(CC2CC2)CC1. The zero-order valence-corrected chi connectivity index (χ0v) is 8.59. The molecule has 0 spiro atoms. The molecule has 13 heavy (non-hydrogen) atoms. The predicted molar refractivity (Wildman–Crippen MR) is 53.5 cm³/mol. The van der Waals surface area contributed by atoms with E-state index in [0.29, 0.717) is 0 Å². The van der Waals surface area contributed by atoms with E-state index in [1.54, 1.807) is 0 Å². The first-order chi connectivity index (χ1) is 6.24. The van der Waals surface area contributed by atoms with Crippen molar-refractivity contribution in [1.82, 2.24) is 0 Å². The minimum atomic E-state index is 0.105. The van der Waals surface area contributed by atoms with Crippen molar-refractivity contribution in [2.45, 2.75) is 51.9 Å². The molecule has 0 aromatic rings. The summed E-state index contributed by atoms with van der Waals surface area (Å²) in [6.45, 7) is 2.31. The Kier molecular flexibility index (Phi) is 2.44. The average molecular weight is 180 g/mol. The lowest BCUT2D eigenvalue weighted by atomic mass is 9.69.